The Balaban J connectivity index is 1.48. The van der Waals surface area contributed by atoms with E-state index < -0.39 is 30.9 Å². The Kier molecular flexibility index (Phi) is 6.60. The molecule has 40 heavy (non-hydrogen) atoms. The van der Waals surface area contributed by atoms with E-state index in [1.165, 1.54) is 4.31 Å². The fourth-order valence-electron chi connectivity index (χ4n) is 6.67. The Labute approximate surface area is 237 Å². The maximum atomic E-state index is 14.1. The monoisotopic (exact) mass is 572 g/mol. The number of hydrogen-bond donors (Lipinski definition) is 0. The molecule has 0 saturated carbocycles. The lowest BCUT2D eigenvalue weighted by atomic mass is 9.64. The van der Waals surface area contributed by atoms with Crippen molar-refractivity contribution in [3.63, 3.8) is 0 Å². The largest absolute Gasteiger partial charge is 0.265 e. The molecule has 4 aromatic carbocycles. The number of benzene rings is 4. The van der Waals surface area contributed by atoms with Crippen molar-refractivity contribution in [2.75, 3.05) is 23.9 Å². The average molecular weight is 573 g/mol. The molecule has 2 aliphatic heterocycles. The van der Waals surface area contributed by atoms with Crippen LogP contribution in [-0.4, -0.2) is 40.8 Å². The zero-order valence-electron chi connectivity index (χ0n) is 22.3. The van der Waals surface area contributed by atoms with Crippen LogP contribution in [0.3, 0.4) is 0 Å². The molecule has 4 aromatic rings. The van der Waals surface area contributed by atoms with E-state index in [1.807, 2.05) is 42.5 Å². The van der Waals surface area contributed by atoms with E-state index in [9.17, 15) is 16.8 Å². The minimum Gasteiger partial charge on any atom is -0.265 e. The van der Waals surface area contributed by atoms with Gasteiger partial charge >= 0.3 is 0 Å². The van der Waals surface area contributed by atoms with E-state index in [1.54, 1.807) is 65.0 Å². The number of nitrogens with zero attached hydrogens (tertiary/aromatic N) is 2. The second-order valence-corrected chi connectivity index (χ2v) is 15.2. The van der Waals surface area contributed by atoms with E-state index in [0.717, 1.165) is 11.1 Å². The highest BCUT2D eigenvalue weighted by molar-refractivity contribution is 7.92. The van der Waals surface area contributed by atoms with Gasteiger partial charge in [0.1, 0.15) is 0 Å². The second-order valence-electron chi connectivity index (χ2n) is 11.4. The molecule has 0 N–H and O–H groups in total. The molecule has 6 nitrogen and oxygen atoms in total. The number of sulfonamides is 2. The Bertz CT molecular complexity index is 1730. The van der Waals surface area contributed by atoms with E-state index in [4.69, 9.17) is 0 Å². The third kappa shape index (κ3) is 4.64. The lowest BCUT2D eigenvalue weighted by Crippen LogP contribution is -2.57. The van der Waals surface area contributed by atoms with E-state index in [0.29, 0.717) is 25.1 Å². The third-order valence-corrected chi connectivity index (χ3v) is 11.8. The fourth-order valence-corrected chi connectivity index (χ4v) is 9.96. The molecule has 0 aromatic heterocycles. The highest BCUT2D eigenvalue weighted by atomic mass is 32.2. The maximum Gasteiger partial charge on any atom is 0.264 e. The van der Waals surface area contributed by atoms with Crippen molar-refractivity contribution < 1.29 is 16.8 Å². The van der Waals surface area contributed by atoms with Gasteiger partial charge in [0, 0.05) is 25.0 Å². The first-order chi connectivity index (χ1) is 19.1. The van der Waals surface area contributed by atoms with Gasteiger partial charge in [0.05, 0.1) is 15.5 Å². The van der Waals surface area contributed by atoms with Gasteiger partial charge in [0.2, 0.25) is 10.0 Å². The van der Waals surface area contributed by atoms with Crippen LogP contribution in [-0.2, 0) is 31.9 Å². The highest BCUT2D eigenvalue weighted by Gasteiger charge is 2.55. The minimum atomic E-state index is -3.86. The van der Waals surface area contributed by atoms with E-state index in [-0.39, 0.29) is 22.9 Å². The normalized spacial score (nSPS) is 23.3. The van der Waals surface area contributed by atoms with Crippen molar-refractivity contribution in [2.24, 2.45) is 5.41 Å². The Morgan fingerprint density at radius 1 is 0.625 bits per heavy atom. The van der Waals surface area contributed by atoms with Crippen LogP contribution < -0.4 is 4.31 Å². The molecule has 2 heterocycles. The summed E-state index contributed by atoms with van der Waals surface area (Å²) < 4.78 is 59.2. The van der Waals surface area contributed by atoms with Gasteiger partial charge < -0.3 is 0 Å². The smallest absolute Gasteiger partial charge is 0.264 e. The first kappa shape index (κ1) is 26.7. The molecular weight excluding hydrogens is 540 g/mol. The van der Waals surface area contributed by atoms with Crippen LogP contribution in [0.25, 0.3) is 0 Å². The van der Waals surface area contributed by atoms with Gasteiger partial charge in [-0.25, -0.2) is 16.8 Å². The van der Waals surface area contributed by atoms with Crippen LogP contribution in [0.4, 0.5) is 5.69 Å². The maximum absolute atomic E-state index is 14.1. The van der Waals surface area contributed by atoms with Crippen LogP contribution in [0.5, 0.6) is 0 Å². The summed E-state index contributed by atoms with van der Waals surface area (Å²) in [5, 5.41) is 0. The molecule has 1 fully saturated rings. The minimum absolute atomic E-state index is 0.175. The summed E-state index contributed by atoms with van der Waals surface area (Å²) in [6, 6.07) is 34.6. The summed E-state index contributed by atoms with van der Waals surface area (Å²) in [5.74, 6) is 0. The molecule has 2 aliphatic rings. The lowest BCUT2D eigenvalue weighted by Gasteiger charge is -2.49. The molecular formula is C32H32N2O4S2. The van der Waals surface area contributed by atoms with Crippen molar-refractivity contribution in [3.8, 4) is 0 Å². The summed E-state index contributed by atoms with van der Waals surface area (Å²) in [6.45, 7) is 2.85. The molecule has 0 bridgehead atoms. The average Bonchev–Trinajstić information content (AvgIpc) is 3.27. The van der Waals surface area contributed by atoms with Crippen LogP contribution in [0, 0.1) is 5.41 Å². The zero-order valence-corrected chi connectivity index (χ0v) is 24.0. The summed E-state index contributed by atoms with van der Waals surface area (Å²) >= 11 is 0. The van der Waals surface area contributed by atoms with Crippen LogP contribution in [0.1, 0.15) is 24.5 Å². The fraction of sp³-hybridized carbons (Fsp3) is 0.250. The van der Waals surface area contributed by atoms with Gasteiger partial charge in [-0.2, -0.15) is 4.31 Å². The molecule has 8 heteroatoms. The number of para-hydroxylation sites is 1. The number of fused-ring (bicyclic) bond motifs is 2. The Hall–Kier alpha value is -3.46. The van der Waals surface area contributed by atoms with Crippen molar-refractivity contribution in [2.45, 2.75) is 35.0 Å². The van der Waals surface area contributed by atoms with E-state index >= 15 is 0 Å². The summed E-state index contributed by atoms with van der Waals surface area (Å²) in [5.41, 5.74) is 1.46. The quantitative estimate of drug-likeness (QED) is 0.307. The molecule has 0 amide bonds. The molecule has 2 atom stereocenters. The van der Waals surface area contributed by atoms with Crippen LogP contribution in [0.2, 0.25) is 0 Å². The number of rotatable bonds is 6. The van der Waals surface area contributed by atoms with Gasteiger partial charge in [-0.1, -0.05) is 91.9 Å². The first-order valence-electron chi connectivity index (χ1n) is 13.4. The van der Waals surface area contributed by atoms with Crippen molar-refractivity contribution in [3.05, 3.63) is 126 Å². The van der Waals surface area contributed by atoms with Crippen LogP contribution in [0.15, 0.2) is 125 Å². The molecule has 6 rings (SSSR count). The van der Waals surface area contributed by atoms with Gasteiger partial charge in [-0.3, -0.25) is 4.31 Å². The third-order valence-electron chi connectivity index (χ3n) is 8.18. The predicted molar refractivity (Wildman–Crippen MR) is 157 cm³/mol. The van der Waals surface area contributed by atoms with Gasteiger partial charge in [0.25, 0.3) is 10.0 Å². The summed E-state index contributed by atoms with van der Waals surface area (Å²) in [4.78, 5) is 0.465. The van der Waals surface area contributed by atoms with Gasteiger partial charge in [-0.05, 0) is 59.7 Å². The number of piperidine rings is 1. The number of anilines is 1. The molecule has 0 aliphatic carbocycles. The first-order valence-corrected chi connectivity index (χ1v) is 16.3. The van der Waals surface area contributed by atoms with Crippen molar-refractivity contribution >= 4 is 25.7 Å². The molecule has 1 saturated heterocycles. The Morgan fingerprint density at radius 3 is 1.77 bits per heavy atom. The predicted octanol–water partition coefficient (Wildman–Crippen LogP) is 5.48. The molecule has 0 radical (unpaired) electrons. The zero-order chi connectivity index (χ0) is 28.0. The Morgan fingerprint density at radius 2 is 1.15 bits per heavy atom. The summed E-state index contributed by atoms with van der Waals surface area (Å²) in [6.07, 6.45) is 1.32. The van der Waals surface area contributed by atoms with E-state index in [2.05, 4.69) is 19.1 Å². The standard InChI is InChI=1S/C32H32N2O4S2/c1-31(21-26-13-5-2-6-14-26)22-32(24-33(23-31)39(35,36)27-15-7-3-8-16-27)25-34(30-20-12-11-19-29(30)32)40(37,38)28-17-9-4-10-18-28/h2-20H,21-25H2,1H3/t31-,32+/m0/s1. The molecule has 1 spiro atoms. The molecule has 0 unspecified atom stereocenters. The topological polar surface area (TPSA) is 74.8 Å². The van der Waals surface area contributed by atoms with Crippen LogP contribution >= 0.6 is 0 Å². The highest BCUT2D eigenvalue weighted by Crippen LogP contribution is 2.53. The van der Waals surface area contributed by atoms with Crippen molar-refractivity contribution in [1.29, 1.82) is 0 Å². The lowest BCUT2D eigenvalue weighted by molar-refractivity contribution is 0.0979. The SMILES string of the molecule is C[C@@]1(Cc2ccccc2)CN(S(=O)(=O)c2ccccc2)C[C@@]2(CN(S(=O)(=O)c3ccccc3)c3ccccc32)C1. The second kappa shape index (κ2) is 9.87. The van der Waals surface area contributed by atoms with Gasteiger partial charge in [-0.15, -0.1) is 0 Å². The summed E-state index contributed by atoms with van der Waals surface area (Å²) in [7, 11) is -7.69. The molecule has 206 valence electrons. The number of hydrogen-bond acceptors (Lipinski definition) is 4. The van der Waals surface area contributed by atoms with Crippen molar-refractivity contribution in [1.82, 2.24) is 4.31 Å². The van der Waals surface area contributed by atoms with Gasteiger partial charge in [0.15, 0.2) is 0 Å².